The molecule has 2 fully saturated rings. The van der Waals surface area contributed by atoms with Crippen molar-refractivity contribution in [1.82, 2.24) is 10.2 Å². The molecule has 126 valence electrons. The lowest BCUT2D eigenvalue weighted by Gasteiger charge is -2.49. The quantitative estimate of drug-likeness (QED) is 0.932. The number of likely N-dealkylation sites (tertiary alicyclic amines) is 1. The molecule has 0 radical (unpaired) electrons. The minimum atomic E-state index is 0.0202. The van der Waals surface area contributed by atoms with Crippen molar-refractivity contribution in [3.8, 4) is 0 Å². The highest BCUT2D eigenvalue weighted by Gasteiger charge is 2.44. The van der Waals surface area contributed by atoms with Gasteiger partial charge in [-0.1, -0.05) is 18.2 Å². The van der Waals surface area contributed by atoms with Gasteiger partial charge < -0.3 is 15.0 Å². The first-order valence-electron chi connectivity index (χ1n) is 8.78. The summed E-state index contributed by atoms with van der Waals surface area (Å²) in [6.45, 7) is 8.22. The fraction of sp³-hybridized carbons (Fsp3) is 0.632. The normalized spacial score (nSPS) is 24.7. The third-order valence-corrected chi connectivity index (χ3v) is 5.63. The molecule has 2 heterocycles. The van der Waals surface area contributed by atoms with Gasteiger partial charge in [0, 0.05) is 18.2 Å². The number of amides is 1. The molecule has 1 atom stereocenters. The van der Waals surface area contributed by atoms with E-state index >= 15 is 0 Å². The van der Waals surface area contributed by atoms with E-state index in [1.165, 1.54) is 0 Å². The summed E-state index contributed by atoms with van der Waals surface area (Å²) in [4.78, 5) is 15.1. The molecule has 4 heteroatoms. The van der Waals surface area contributed by atoms with Gasteiger partial charge in [-0.05, 0) is 63.7 Å². The molecule has 0 bridgehead atoms. The number of hydrogen-bond acceptors (Lipinski definition) is 3. The van der Waals surface area contributed by atoms with Crippen LogP contribution in [0.5, 0.6) is 0 Å². The van der Waals surface area contributed by atoms with E-state index in [0.29, 0.717) is 12.6 Å². The molecular weight excluding hydrogens is 288 g/mol. The first-order valence-corrected chi connectivity index (χ1v) is 8.78. The van der Waals surface area contributed by atoms with Gasteiger partial charge in [0.25, 0.3) is 5.91 Å². The summed E-state index contributed by atoms with van der Waals surface area (Å²) in [5, 5.41) is 3.26. The van der Waals surface area contributed by atoms with E-state index in [0.717, 1.165) is 44.5 Å². The van der Waals surface area contributed by atoms with Crippen molar-refractivity contribution in [3.05, 3.63) is 35.9 Å². The average molecular weight is 316 g/mol. The molecular formula is C19H28N2O2. The van der Waals surface area contributed by atoms with Crippen LogP contribution in [-0.2, 0) is 4.74 Å². The van der Waals surface area contributed by atoms with Gasteiger partial charge in [0.2, 0.25) is 0 Å². The van der Waals surface area contributed by atoms with Gasteiger partial charge in [-0.15, -0.1) is 0 Å². The van der Waals surface area contributed by atoms with E-state index < -0.39 is 0 Å². The summed E-state index contributed by atoms with van der Waals surface area (Å²) in [7, 11) is 0. The van der Waals surface area contributed by atoms with Gasteiger partial charge >= 0.3 is 0 Å². The van der Waals surface area contributed by atoms with Gasteiger partial charge in [-0.3, -0.25) is 4.79 Å². The maximum Gasteiger partial charge on any atom is 0.251 e. The number of nitrogens with zero attached hydrogens (tertiary/aromatic N) is 1. The molecule has 1 spiro atoms. The van der Waals surface area contributed by atoms with E-state index in [4.69, 9.17) is 4.74 Å². The van der Waals surface area contributed by atoms with Crippen LogP contribution in [0.4, 0.5) is 0 Å². The summed E-state index contributed by atoms with van der Waals surface area (Å²) < 4.78 is 5.69. The zero-order valence-corrected chi connectivity index (χ0v) is 14.3. The van der Waals surface area contributed by atoms with Crippen LogP contribution in [0.15, 0.2) is 30.3 Å². The monoisotopic (exact) mass is 316 g/mol. The second-order valence-corrected chi connectivity index (χ2v) is 7.21. The van der Waals surface area contributed by atoms with Crippen LogP contribution in [0.2, 0.25) is 0 Å². The third-order valence-electron chi connectivity index (χ3n) is 5.63. The molecule has 2 aliphatic rings. The van der Waals surface area contributed by atoms with Gasteiger partial charge in [0.05, 0.1) is 12.6 Å². The smallest absolute Gasteiger partial charge is 0.251 e. The second-order valence-electron chi connectivity index (χ2n) is 7.21. The predicted octanol–water partition coefficient (Wildman–Crippen LogP) is 2.70. The maximum absolute atomic E-state index is 12.5. The van der Waals surface area contributed by atoms with Crippen molar-refractivity contribution in [1.29, 1.82) is 0 Å². The highest BCUT2D eigenvalue weighted by molar-refractivity contribution is 5.94. The Kier molecular flexibility index (Phi) is 5.02. The molecule has 2 aliphatic heterocycles. The second kappa shape index (κ2) is 7.02. The Morgan fingerprint density at radius 1 is 1.22 bits per heavy atom. The van der Waals surface area contributed by atoms with Crippen LogP contribution in [0, 0.1) is 5.41 Å². The lowest BCUT2D eigenvalue weighted by atomic mass is 9.69. The van der Waals surface area contributed by atoms with Gasteiger partial charge in [0.1, 0.15) is 0 Å². The van der Waals surface area contributed by atoms with Gasteiger partial charge in [-0.25, -0.2) is 0 Å². The molecule has 1 aromatic rings. The average Bonchev–Trinajstić information content (AvgIpc) is 2.58. The number of benzene rings is 1. The third kappa shape index (κ3) is 3.59. The number of carbonyl (C=O) groups excluding carboxylic acids is 1. The van der Waals surface area contributed by atoms with Crippen molar-refractivity contribution in [2.45, 2.75) is 45.2 Å². The number of piperidine rings is 1. The minimum Gasteiger partial charge on any atom is -0.379 e. The van der Waals surface area contributed by atoms with Crippen LogP contribution >= 0.6 is 0 Å². The molecule has 1 amide bonds. The molecule has 0 unspecified atom stereocenters. The molecule has 3 rings (SSSR count). The lowest BCUT2D eigenvalue weighted by Crippen LogP contribution is -2.58. The van der Waals surface area contributed by atoms with Crippen molar-refractivity contribution in [3.63, 3.8) is 0 Å². The van der Waals surface area contributed by atoms with E-state index in [9.17, 15) is 4.79 Å². The van der Waals surface area contributed by atoms with E-state index in [2.05, 4.69) is 24.1 Å². The summed E-state index contributed by atoms with van der Waals surface area (Å²) in [5.41, 5.74) is 0.932. The standard InChI is InChI=1S/C19H28N2O2/c1-15(2)21-11-8-19(9-12-21)10-13-23-14-17(19)20-18(22)16-6-4-3-5-7-16/h3-7,15,17H,8-14H2,1-2H3,(H,20,22)/t17-/m0/s1. The highest BCUT2D eigenvalue weighted by Crippen LogP contribution is 2.41. The Morgan fingerprint density at radius 2 is 1.91 bits per heavy atom. The van der Waals surface area contributed by atoms with Crippen LogP contribution in [-0.4, -0.2) is 49.2 Å². The summed E-state index contributed by atoms with van der Waals surface area (Å²) >= 11 is 0. The number of rotatable bonds is 3. The largest absolute Gasteiger partial charge is 0.379 e. The van der Waals surface area contributed by atoms with Crippen LogP contribution in [0.25, 0.3) is 0 Å². The molecule has 2 saturated heterocycles. The van der Waals surface area contributed by atoms with E-state index in [-0.39, 0.29) is 17.4 Å². The van der Waals surface area contributed by atoms with Crippen molar-refractivity contribution in [2.24, 2.45) is 5.41 Å². The highest BCUT2D eigenvalue weighted by atomic mass is 16.5. The number of nitrogens with one attached hydrogen (secondary N) is 1. The molecule has 1 aromatic carbocycles. The zero-order valence-electron chi connectivity index (χ0n) is 14.3. The van der Waals surface area contributed by atoms with E-state index in [1.807, 2.05) is 30.3 Å². The Labute approximate surface area is 139 Å². The molecule has 23 heavy (non-hydrogen) atoms. The fourth-order valence-electron chi connectivity index (χ4n) is 3.94. The predicted molar refractivity (Wildman–Crippen MR) is 91.5 cm³/mol. The van der Waals surface area contributed by atoms with Crippen LogP contribution in [0.3, 0.4) is 0 Å². The number of carbonyl (C=O) groups is 1. The number of hydrogen-bond donors (Lipinski definition) is 1. The Balaban J connectivity index is 1.69. The van der Waals surface area contributed by atoms with E-state index in [1.54, 1.807) is 0 Å². The SMILES string of the molecule is CC(C)N1CCC2(CCOC[C@@H]2NC(=O)c2ccccc2)CC1. The molecule has 0 aromatic heterocycles. The molecule has 4 nitrogen and oxygen atoms in total. The first-order chi connectivity index (χ1) is 11.1. The Morgan fingerprint density at radius 3 is 2.57 bits per heavy atom. The Bertz CT molecular complexity index is 521. The lowest BCUT2D eigenvalue weighted by molar-refractivity contribution is -0.0515. The van der Waals surface area contributed by atoms with Crippen molar-refractivity contribution >= 4 is 5.91 Å². The maximum atomic E-state index is 12.5. The minimum absolute atomic E-state index is 0.0202. The topological polar surface area (TPSA) is 41.6 Å². The summed E-state index contributed by atoms with van der Waals surface area (Å²) in [6.07, 6.45) is 3.35. The molecule has 0 aliphatic carbocycles. The van der Waals surface area contributed by atoms with Crippen molar-refractivity contribution in [2.75, 3.05) is 26.3 Å². The zero-order chi connectivity index (χ0) is 16.3. The molecule has 0 saturated carbocycles. The van der Waals surface area contributed by atoms with Crippen molar-refractivity contribution < 1.29 is 9.53 Å². The van der Waals surface area contributed by atoms with Gasteiger partial charge in [0.15, 0.2) is 0 Å². The Hall–Kier alpha value is -1.39. The molecule has 1 N–H and O–H groups in total. The summed E-state index contributed by atoms with van der Waals surface area (Å²) in [5.74, 6) is 0.0202. The summed E-state index contributed by atoms with van der Waals surface area (Å²) in [6, 6.07) is 10.2. The number of ether oxygens (including phenoxy) is 1. The van der Waals surface area contributed by atoms with Crippen LogP contribution in [0.1, 0.15) is 43.5 Å². The van der Waals surface area contributed by atoms with Crippen LogP contribution < -0.4 is 5.32 Å². The van der Waals surface area contributed by atoms with Gasteiger partial charge in [-0.2, -0.15) is 0 Å². The fourth-order valence-corrected chi connectivity index (χ4v) is 3.94. The first kappa shape index (κ1) is 16.5.